The molecule has 0 fully saturated rings. The fourth-order valence-electron chi connectivity index (χ4n) is 2.71. The Morgan fingerprint density at radius 3 is 2.46 bits per heavy atom. The van der Waals surface area contributed by atoms with Crippen LogP contribution in [-0.4, -0.2) is 11.1 Å². The van der Waals surface area contributed by atoms with Crippen LogP contribution in [0.4, 0.5) is 4.39 Å². The Balaban J connectivity index is 1.53. The van der Waals surface area contributed by atoms with Gasteiger partial charge in [0.2, 0.25) is 5.91 Å². The van der Waals surface area contributed by atoms with Gasteiger partial charge in [0.1, 0.15) is 17.8 Å². The van der Waals surface area contributed by atoms with Crippen molar-refractivity contribution in [3.05, 3.63) is 77.3 Å². The lowest BCUT2D eigenvalue weighted by Gasteiger charge is -2.06. The number of amides is 1. The Bertz CT molecular complexity index is 854. The predicted molar refractivity (Wildman–Crippen MR) is 97.9 cm³/mol. The normalized spacial score (nSPS) is 10.7. The predicted octanol–water partition coefficient (Wildman–Crippen LogP) is 4.29. The van der Waals surface area contributed by atoms with Crippen LogP contribution in [0.3, 0.4) is 0 Å². The molecule has 1 amide bonds. The van der Waals surface area contributed by atoms with Crippen molar-refractivity contribution in [3.8, 4) is 11.3 Å². The van der Waals surface area contributed by atoms with E-state index in [0.29, 0.717) is 25.1 Å². The van der Waals surface area contributed by atoms with Gasteiger partial charge < -0.3 is 9.84 Å². The monoisotopic (exact) mass is 352 g/mol. The summed E-state index contributed by atoms with van der Waals surface area (Å²) in [5, 5.41) is 6.90. The van der Waals surface area contributed by atoms with E-state index >= 15 is 0 Å². The fourth-order valence-corrected chi connectivity index (χ4v) is 2.71. The number of aryl methyl sites for hydroxylation is 2. The minimum Gasteiger partial charge on any atom is -0.364 e. The van der Waals surface area contributed by atoms with Crippen molar-refractivity contribution in [2.75, 3.05) is 0 Å². The van der Waals surface area contributed by atoms with Crippen LogP contribution in [0.1, 0.15) is 30.0 Å². The summed E-state index contributed by atoms with van der Waals surface area (Å²) in [7, 11) is 0. The van der Waals surface area contributed by atoms with Crippen molar-refractivity contribution in [2.45, 2.75) is 32.7 Å². The number of carbonyl (C=O) groups excluding carboxylic acids is 1. The van der Waals surface area contributed by atoms with E-state index in [2.05, 4.69) is 29.5 Å². The van der Waals surface area contributed by atoms with Crippen LogP contribution in [0, 0.1) is 5.82 Å². The summed E-state index contributed by atoms with van der Waals surface area (Å²) in [6.07, 6.45) is 3.39. The molecule has 134 valence electrons. The van der Waals surface area contributed by atoms with Gasteiger partial charge in [0.25, 0.3) is 0 Å². The molecule has 3 rings (SSSR count). The maximum atomic E-state index is 13.1. The summed E-state index contributed by atoms with van der Waals surface area (Å²) >= 11 is 0. The van der Waals surface area contributed by atoms with Gasteiger partial charge in [0, 0.05) is 24.1 Å². The Morgan fingerprint density at radius 2 is 1.77 bits per heavy atom. The number of carbonyl (C=O) groups is 1. The molecule has 26 heavy (non-hydrogen) atoms. The molecule has 1 aromatic heterocycles. The zero-order chi connectivity index (χ0) is 18.4. The lowest BCUT2D eigenvalue weighted by molar-refractivity contribution is -0.121. The minimum absolute atomic E-state index is 0.0316. The van der Waals surface area contributed by atoms with E-state index in [9.17, 15) is 9.18 Å². The summed E-state index contributed by atoms with van der Waals surface area (Å²) in [6, 6.07) is 14.3. The molecule has 0 spiro atoms. The van der Waals surface area contributed by atoms with Crippen molar-refractivity contribution in [2.24, 2.45) is 0 Å². The van der Waals surface area contributed by atoms with E-state index in [1.165, 1.54) is 24.0 Å². The molecule has 0 saturated carbocycles. The molecule has 3 aromatic rings. The Morgan fingerprint density at radius 1 is 1.08 bits per heavy atom. The summed E-state index contributed by atoms with van der Waals surface area (Å²) in [5.74, 6) is -0.332. The lowest BCUT2D eigenvalue weighted by atomic mass is 10.0. The highest BCUT2D eigenvalue weighted by atomic mass is 19.1. The van der Waals surface area contributed by atoms with Crippen LogP contribution in [0.2, 0.25) is 0 Å². The Labute approximate surface area is 152 Å². The number of benzene rings is 2. The highest BCUT2D eigenvalue weighted by Crippen LogP contribution is 2.23. The topological polar surface area (TPSA) is 55.1 Å². The van der Waals surface area contributed by atoms with Crippen LogP contribution < -0.4 is 5.32 Å². The molecular weight excluding hydrogens is 331 g/mol. The third-order valence-corrected chi connectivity index (χ3v) is 4.30. The molecule has 0 saturated heterocycles. The maximum absolute atomic E-state index is 13.1. The standard InChI is InChI=1S/C21H21FN2O2/c1-2-15-3-5-16(6-4-15)13-23-20(25)12-9-18-14-26-24-21(18)17-7-10-19(22)11-8-17/h3-8,10-11,14H,2,9,12-13H2,1H3,(H,23,25). The van der Waals surface area contributed by atoms with Gasteiger partial charge in [-0.15, -0.1) is 0 Å². The largest absolute Gasteiger partial charge is 0.364 e. The smallest absolute Gasteiger partial charge is 0.220 e. The van der Waals surface area contributed by atoms with Crippen molar-refractivity contribution in [3.63, 3.8) is 0 Å². The molecule has 0 radical (unpaired) electrons. The Hall–Kier alpha value is -2.95. The average molecular weight is 352 g/mol. The molecule has 0 atom stereocenters. The third-order valence-electron chi connectivity index (χ3n) is 4.30. The van der Waals surface area contributed by atoms with Crippen LogP contribution in [0.5, 0.6) is 0 Å². The van der Waals surface area contributed by atoms with Gasteiger partial charge in [-0.1, -0.05) is 36.3 Å². The van der Waals surface area contributed by atoms with E-state index in [4.69, 9.17) is 4.52 Å². The van der Waals surface area contributed by atoms with E-state index in [1.807, 2.05) is 12.1 Å². The van der Waals surface area contributed by atoms with Crippen LogP contribution in [0.15, 0.2) is 59.3 Å². The Kier molecular flexibility index (Phi) is 5.79. The van der Waals surface area contributed by atoms with Crippen LogP contribution in [0.25, 0.3) is 11.3 Å². The average Bonchev–Trinajstić information content (AvgIpc) is 3.14. The van der Waals surface area contributed by atoms with Gasteiger partial charge in [-0.25, -0.2) is 4.39 Å². The first-order valence-corrected chi connectivity index (χ1v) is 8.69. The van der Waals surface area contributed by atoms with Crippen LogP contribution in [-0.2, 0) is 24.2 Å². The summed E-state index contributed by atoms with van der Waals surface area (Å²) in [6.45, 7) is 2.62. The van der Waals surface area contributed by atoms with Crippen molar-refractivity contribution >= 4 is 5.91 Å². The van der Waals surface area contributed by atoms with Gasteiger partial charge in [-0.2, -0.15) is 0 Å². The number of rotatable bonds is 7. The molecule has 0 bridgehead atoms. The van der Waals surface area contributed by atoms with E-state index in [1.54, 1.807) is 12.1 Å². The first-order chi connectivity index (χ1) is 12.7. The van der Waals surface area contributed by atoms with Gasteiger partial charge in [0.15, 0.2) is 0 Å². The lowest BCUT2D eigenvalue weighted by Crippen LogP contribution is -2.23. The van der Waals surface area contributed by atoms with Crippen LogP contribution >= 0.6 is 0 Å². The summed E-state index contributed by atoms with van der Waals surface area (Å²) < 4.78 is 18.1. The first kappa shape index (κ1) is 17.9. The molecule has 0 aliphatic carbocycles. The minimum atomic E-state index is -0.301. The highest BCUT2D eigenvalue weighted by Gasteiger charge is 2.12. The van der Waals surface area contributed by atoms with Crippen molar-refractivity contribution in [1.29, 1.82) is 0 Å². The second-order valence-corrected chi connectivity index (χ2v) is 6.14. The number of hydrogen-bond acceptors (Lipinski definition) is 3. The van der Waals surface area contributed by atoms with Gasteiger partial charge in [-0.3, -0.25) is 4.79 Å². The molecule has 0 aliphatic rings. The van der Waals surface area contributed by atoms with Gasteiger partial charge in [-0.05, 0) is 48.2 Å². The number of halogens is 1. The van der Waals surface area contributed by atoms with E-state index in [0.717, 1.165) is 23.1 Å². The number of nitrogens with zero attached hydrogens (tertiary/aromatic N) is 1. The number of nitrogens with one attached hydrogen (secondary N) is 1. The van der Waals surface area contributed by atoms with Crippen molar-refractivity contribution in [1.82, 2.24) is 10.5 Å². The fraction of sp³-hybridized carbons (Fsp3) is 0.238. The highest BCUT2D eigenvalue weighted by molar-refractivity contribution is 5.76. The molecule has 5 heteroatoms. The molecule has 1 N–H and O–H groups in total. The molecule has 2 aromatic carbocycles. The molecule has 1 heterocycles. The second-order valence-electron chi connectivity index (χ2n) is 6.14. The molecular formula is C21H21FN2O2. The quantitative estimate of drug-likeness (QED) is 0.690. The van der Waals surface area contributed by atoms with Gasteiger partial charge in [0.05, 0.1) is 0 Å². The molecule has 0 unspecified atom stereocenters. The zero-order valence-corrected chi connectivity index (χ0v) is 14.7. The first-order valence-electron chi connectivity index (χ1n) is 8.69. The third kappa shape index (κ3) is 4.57. The van der Waals surface area contributed by atoms with Crippen molar-refractivity contribution < 1.29 is 13.7 Å². The van der Waals surface area contributed by atoms with Gasteiger partial charge >= 0.3 is 0 Å². The number of aromatic nitrogens is 1. The SMILES string of the molecule is CCc1ccc(CNC(=O)CCc2conc2-c2ccc(F)cc2)cc1. The number of hydrogen-bond donors (Lipinski definition) is 1. The summed E-state index contributed by atoms with van der Waals surface area (Å²) in [4.78, 5) is 12.1. The van der Waals surface area contributed by atoms with E-state index < -0.39 is 0 Å². The molecule has 0 aliphatic heterocycles. The summed E-state index contributed by atoms with van der Waals surface area (Å²) in [5.41, 5.74) is 4.60. The molecule has 4 nitrogen and oxygen atoms in total. The zero-order valence-electron chi connectivity index (χ0n) is 14.7. The second kappa shape index (κ2) is 8.43. The maximum Gasteiger partial charge on any atom is 0.220 e. The van der Waals surface area contributed by atoms with E-state index in [-0.39, 0.29) is 11.7 Å².